The second-order valence-corrected chi connectivity index (χ2v) is 4.48. The summed E-state index contributed by atoms with van der Waals surface area (Å²) in [5.74, 6) is 1.55. The molecule has 0 unspecified atom stereocenters. The lowest BCUT2D eigenvalue weighted by atomic mass is 10.1. The van der Waals surface area contributed by atoms with Crippen LogP contribution in [0, 0.1) is 0 Å². The highest BCUT2D eigenvalue weighted by molar-refractivity contribution is 9.10. The first kappa shape index (κ1) is 12.1. The Bertz CT molecular complexity index is 511. The molecule has 1 aromatic heterocycles. The van der Waals surface area contributed by atoms with Gasteiger partial charge in [0.2, 0.25) is 0 Å². The fourth-order valence-corrected chi connectivity index (χ4v) is 1.94. The van der Waals surface area contributed by atoms with E-state index in [1.54, 1.807) is 7.11 Å². The predicted molar refractivity (Wildman–Crippen MR) is 68.9 cm³/mol. The molecule has 2 N–H and O–H groups in total. The second kappa shape index (κ2) is 5.33. The normalized spacial score (nSPS) is 10.5. The summed E-state index contributed by atoms with van der Waals surface area (Å²) in [6.45, 7) is 0.546. The smallest absolute Gasteiger partial charge is 0.138 e. The molecular formula is C12H13BrN2O2. The van der Waals surface area contributed by atoms with E-state index >= 15 is 0 Å². The lowest BCUT2D eigenvalue weighted by Gasteiger charge is -2.05. The number of nitrogens with two attached hydrogens (primary N) is 1. The van der Waals surface area contributed by atoms with Crippen molar-refractivity contribution in [2.24, 2.45) is 5.73 Å². The average Bonchev–Trinajstić information content (AvgIpc) is 2.78. The van der Waals surface area contributed by atoms with Gasteiger partial charge in [0.25, 0.3) is 0 Å². The zero-order chi connectivity index (χ0) is 12.3. The molecular weight excluding hydrogens is 284 g/mol. The van der Waals surface area contributed by atoms with Crippen molar-refractivity contribution in [2.75, 3.05) is 13.7 Å². The van der Waals surface area contributed by atoms with Gasteiger partial charge in [-0.15, -0.1) is 0 Å². The van der Waals surface area contributed by atoms with Gasteiger partial charge >= 0.3 is 0 Å². The lowest BCUT2D eigenvalue weighted by Crippen LogP contribution is -2.01. The third-order valence-corrected chi connectivity index (χ3v) is 2.88. The van der Waals surface area contributed by atoms with E-state index in [2.05, 4.69) is 21.1 Å². The predicted octanol–water partition coefficient (Wildman–Crippen LogP) is 2.61. The van der Waals surface area contributed by atoms with Crippen LogP contribution in [0.4, 0.5) is 0 Å². The highest BCUT2D eigenvalue weighted by Crippen LogP contribution is 2.32. The highest BCUT2D eigenvalue weighted by atomic mass is 79.9. The first-order chi connectivity index (χ1) is 8.24. The molecule has 17 heavy (non-hydrogen) atoms. The molecule has 4 nitrogen and oxygen atoms in total. The van der Waals surface area contributed by atoms with E-state index < -0.39 is 0 Å². The monoisotopic (exact) mass is 296 g/mol. The molecule has 0 saturated carbocycles. The Morgan fingerprint density at radius 1 is 1.41 bits per heavy atom. The fraction of sp³-hybridized carbons (Fsp3) is 0.250. The van der Waals surface area contributed by atoms with Crippen molar-refractivity contribution in [1.29, 1.82) is 0 Å². The number of rotatable bonds is 4. The number of ether oxygens (including phenoxy) is 1. The maximum Gasteiger partial charge on any atom is 0.138 e. The van der Waals surface area contributed by atoms with E-state index in [0.29, 0.717) is 13.0 Å². The second-order valence-electron chi connectivity index (χ2n) is 3.56. The quantitative estimate of drug-likeness (QED) is 0.942. The van der Waals surface area contributed by atoms with E-state index in [-0.39, 0.29) is 0 Å². The molecule has 0 amide bonds. The summed E-state index contributed by atoms with van der Waals surface area (Å²) in [5, 5.41) is 4.02. The molecule has 0 radical (unpaired) electrons. The zero-order valence-corrected chi connectivity index (χ0v) is 11.0. The van der Waals surface area contributed by atoms with Crippen LogP contribution in [0.15, 0.2) is 33.3 Å². The summed E-state index contributed by atoms with van der Waals surface area (Å²) >= 11 is 3.43. The number of methoxy groups -OCH3 is 1. The van der Waals surface area contributed by atoms with E-state index in [1.807, 2.05) is 24.3 Å². The molecule has 0 spiro atoms. The van der Waals surface area contributed by atoms with Gasteiger partial charge in [-0.3, -0.25) is 0 Å². The molecule has 0 bridgehead atoms. The minimum Gasteiger partial charge on any atom is -0.496 e. The molecule has 1 heterocycles. The molecule has 0 fully saturated rings. The van der Waals surface area contributed by atoms with Gasteiger partial charge in [0, 0.05) is 22.5 Å². The van der Waals surface area contributed by atoms with Crippen molar-refractivity contribution in [3.63, 3.8) is 0 Å². The Morgan fingerprint density at radius 2 is 2.24 bits per heavy atom. The number of halogens is 1. The van der Waals surface area contributed by atoms with Crippen molar-refractivity contribution in [3.8, 4) is 17.0 Å². The molecule has 5 heteroatoms. The number of nitrogens with zero attached hydrogens (tertiary/aromatic N) is 1. The summed E-state index contributed by atoms with van der Waals surface area (Å²) in [5.41, 5.74) is 7.12. The van der Waals surface area contributed by atoms with E-state index in [0.717, 1.165) is 27.2 Å². The largest absolute Gasteiger partial charge is 0.496 e. The van der Waals surface area contributed by atoms with Crippen molar-refractivity contribution in [2.45, 2.75) is 6.42 Å². The maximum absolute atomic E-state index is 5.47. The van der Waals surface area contributed by atoms with Crippen molar-refractivity contribution < 1.29 is 9.26 Å². The van der Waals surface area contributed by atoms with Crippen LogP contribution in [0.5, 0.6) is 5.75 Å². The summed E-state index contributed by atoms with van der Waals surface area (Å²) in [4.78, 5) is 0. The Hall–Kier alpha value is -1.33. The van der Waals surface area contributed by atoms with Gasteiger partial charge in [-0.1, -0.05) is 21.1 Å². The zero-order valence-electron chi connectivity index (χ0n) is 9.44. The van der Waals surface area contributed by atoms with Gasteiger partial charge in [0.1, 0.15) is 17.2 Å². The minimum absolute atomic E-state index is 0.546. The van der Waals surface area contributed by atoms with E-state index in [1.165, 1.54) is 0 Å². The molecule has 90 valence electrons. The Labute approximate surface area is 108 Å². The molecule has 0 saturated heterocycles. The summed E-state index contributed by atoms with van der Waals surface area (Å²) in [7, 11) is 1.63. The van der Waals surface area contributed by atoms with E-state index in [4.69, 9.17) is 15.0 Å². The number of hydrogen-bond donors (Lipinski definition) is 1. The van der Waals surface area contributed by atoms with Crippen LogP contribution in [0.2, 0.25) is 0 Å². The Balaban J connectivity index is 2.40. The number of hydrogen-bond acceptors (Lipinski definition) is 4. The van der Waals surface area contributed by atoms with Crippen LogP contribution < -0.4 is 10.5 Å². The van der Waals surface area contributed by atoms with Gasteiger partial charge in [0.05, 0.1) is 7.11 Å². The van der Waals surface area contributed by atoms with Gasteiger partial charge < -0.3 is 15.0 Å². The first-order valence-electron chi connectivity index (χ1n) is 5.24. The van der Waals surface area contributed by atoms with Gasteiger partial charge in [-0.2, -0.15) is 0 Å². The van der Waals surface area contributed by atoms with Crippen molar-refractivity contribution >= 4 is 15.9 Å². The third kappa shape index (κ3) is 2.68. The van der Waals surface area contributed by atoms with Crippen LogP contribution in [0.1, 0.15) is 5.76 Å². The van der Waals surface area contributed by atoms with Crippen LogP contribution in [0.25, 0.3) is 11.3 Å². The van der Waals surface area contributed by atoms with E-state index in [9.17, 15) is 0 Å². The standard InChI is InChI=1S/C12H13BrN2O2/c1-16-12-3-2-8(13)6-10(12)11-7-9(4-5-14)17-15-11/h2-3,6-7H,4-5,14H2,1H3. The molecule has 0 atom stereocenters. The number of benzene rings is 1. The fourth-order valence-electron chi connectivity index (χ4n) is 1.58. The molecule has 2 rings (SSSR count). The molecule has 2 aromatic rings. The van der Waals surface area contributed by atoms with Gasteiger partial charge in [-0.05, 0) is 24.7 Å². The van der Waals surface area contributed by atoms with Crippen LogP contribution in [-0.4, -0.2) is 18.8 Å². The van der Waals surface area contributed by atoms with Crippen molar-refractivity contribution in [3.05, 3.63) is 34.5 Å². The Morgan fingerprint density at radius 3 is 2.94 bits per heavy atom. The maximum atomic E-state index is 5.47. The first-order valence-corrected chi connectivity index (χ1v) is 6.03. The highest BCUT2D eigenvalue weighted by Gasteiger charge is 2.11. The number of aromatic nitrogens is 1. The van der Waals surface area contributed by atoms with Gasteiger partial charge in [0.15, 0.2) is 0 Å². The van der Waals surface area contributed by atoms with Gasteiger partial charge in [-0.25, -0.2) is 0 Å². The van der Waals surface area contributed by atoms with Crippen LogP contribution in [-0.2, 0) is 6.42 Å². The lowest BCUT2D eigenvalue weighted by molar-refractivity contribution is 0.385. The Kier molecular flexibility index (Phi) is 3.81. The third-order valence-electron chi connectivity index (χ3n) is 2.39. The molecule has 0 aliphatic rings. The molecule has 0 aliphatic heterocycles. The molecule has 0 aliphatic carbocycles. The minimum atomic E-state index is 0.546. The SMILES string of the molecule is COc1ccc(Br)cc1-c1cc(CCN)on1. The topological polar surface area (TPSA) is 61.3 Å². The van der Waals surface area contributed by atoms with Crippen LogP contribution in [0.3, 0.4) is 0 Å². The van der Waals surface area contributed by atoms with Crippen molar-refractivity contribution in [1.82, 2.24) is 5.16 Å². The summed E-state index contributed by atoms with van der Waals surface area (Å²) < 4.78 is 11.5. The van der Waals surface area contributed by atoms with Crippen LogP contribution >= 0.6 is 15.9 Å². The summed E-state index contributed by atoms with van der Waals surface area (Å²) in [6, 6.07) is 7.64. The average molecular weight is 297 g/mol. The molecule has 1 aromatic carbocycles. The summed E-state index contributed by atoms with van der Waals surface area (Å²) in [6.07, 6.45) is 0.684.